The van der Waals surface area contributed by atoms with E-state index in [-0.39, 0.29) is 21.3 Å². The van der Waals surface area contributed by atoms with Crippen LogP contribution in [0.4, 0.5) is 10.1 Å². The summed E-state index contributed by atoms with van der Waals surface area (Å²) in [7, 11) is 0. The van der Waals surface area contributed by atoms with Crippen LogP contribution in [0, 0.1) is 5.82 Å². The number of benzene rings is 2. The number of carbonyl (C=O) groups excluding carboxylic acids is 2. The number of amides is 1. The zero-order valence-electron chi connectivity index (χ0n) is 11.4. The summed E-state index contributed by atoms with van der Waals surface area (Å²) in [6.45, 7) is -0.623. The summed E-state index contributed by atoms with van der Waals surface area (Å²) in [6, 6.07) is 8.08. The van der Waals surface area contributed by atoms with E-state index in [0.717, 1.165) is 6.07 Å². The SMILES string of the molecule is O=C(COC(=O)c1ccccc1F)Nc1c(Cl)cc(Cl)cc1Cl. The number of carbonyl (C=O) groups is 2. The molecule has 2 aromatic carbocycles. The zero-order valence-corrected chi connectivity index (χ0v) is 13.7. The van der Waals surface area contributed by atoms with Crippen molar-refractivity contribution >= 4 is 52.4 Å². The Morgan fingerprint density at radius 2 is 1.70 bits per heavy atom. The lowest BCUT2D eigenvalue weighted by Gasteiger charge is -2.10. The third-order valence-electron chi connectivity index (χ3n) is 2.70. The number of nitrogens with one attached hydrogen (secondary N) is 1. The van der Waals surface area contributed by atoms with Gasteiger partial charge in [0, 0.05) is 5.02 Å². The molecule has 1 N–H and O–H groups in total. The second kappa shape index (κ2) is 7.64. The number of esters is 1. The molecule has 0 spiro atoms. The van der Waals surface area contributed by atoms with Crippen LogP contribution in [0.2, 0.25) is 15.1 Å². The third kappa shape index (κ3) is 4.58. The largest absolute Gasteiger partial charge is 0.452 e. The molecule has 0 heterocycles. The minimum absolute atomic E-state index is 0.135. The maximum absolute atomic E-state index is 13.4. The number of anilines is 1. The maximum Gasteiger partial charge on any atom is 0.341 e. The first-order valence-electron chi connectivity index (χ1n) is 6.24. The number of hydrogen-bond acceptors (Lipinski definition) is 3. The summed E-state index contributed by atoms with van der Waals surface area (Å²) in [4.78, 5) is 23.5. The van der Waals surface area contributed by atoms with Crippen molar-refractivity contribution in [3.63, 3.8) is 0 Å². The van der Waals surface area contributed by atoms with Gasteiger partial charge in [-0.3, -0.25) is 4.79 Å². The number of hydrogen-bond donors (Lipinski definition) is 1. The van der Waals surface area contributed by atoms with E-state index in [1.807, 2.05) is 0 Å². The van der Waals surface area contributed by atoms with Crippen molar-refractivity contribution in [2.75, 3.05) is 11.9 Å². The molecule has 4 nitrogen and oxygen atoms in total. The van der Waals surface area contributed by atoms with Gasteiger partial charge in [0.05, 0.1) is 21.3 Å². The highest BCUT2D eigenvalue weighted by molar-refractivity contribution is 6.42. The Bertz CT molecular complexity index is 744. The van der Waals surface area contributed by atoms with Gasteiger partial charge in [0.1, 0.15) is 5.82 Å². The predicted molar refractivity (Wildman–Crippen MR) is 86.8 cm³/mol. The van der Waals surface area contributed by atoms with Gasteiger partial charge in [-0.05, 0) is 24.3 Å². The van der Waals surface area contributed by atoms with Gasteiger partial charge in [0.15, 0.2) is 6.61 Å². The Balaban J connectivity index is 1.99. The molecular weight excluding hydrogens is 368 g/mol. The molecule has 0 atom stereocenters. The van der Waals surface area contributed by atoms with Gasteiger partial charge < -0.3 is 10.1 Å². The molecule has 0 fully saturated rings. The highest BCUT2D eigenvalue weighted by atomic mass is 35.5. The van der Waals surface area contributed by atoms with E-state index in [9.17, 15) is 14.0 Å². The smallest absolute Gasteiger partial charge is 0.341 e. The predicted octanol–water partition coefficient (Wildman–Crippen LogP) is 4.58. The molecule has 0 aliphatic rings. The second-order valence-corrected chi connectivity index (χ2v) is 5.60. The fraction of sp³-hybridized carbons (Fsp3) is 0.0667. The van der Waals surface area contributed by atoms with Crippen LogP contribution in [-0.4, -0.2) is 18.5 Å². The first-order valence-corrected chi connectivity index (χ1v) is 7.38. The zero-order chi connectivity index (χ0) is 17.0. The summed E-state index contributed by atoms with van der Waals surface area (Å²) >= 11 is 17.6. The standard InChI is InChI=1S/C15H9Cl3FNO3/c16-8-5-10(17)14(11(18)6-8)20-13(21)7-23-15(22)9-3-1-2-4-12(9)19/h1-6H,7H2,(H,20,21). The van der Waals surface area contributed by atoms with Gasteiger partial charge >= 0.3 is 5.97 Å². The van der Waals surface area contributed by atoms with E-state index in [4.69, 9.17) is 39.5 Å². The molecule has 0 aliphatic heterocycles. The van der Waals surface area contributed by atoms with Crippen LogP contribution in [0.25, 0.3) is 0 Å². The first-order chi connectivity index (χ1) is 10.9. The van der Waals surface area contributed by atoms with Gasteiger partial charge in [-0.15, -0.1) is 0 Å². The van der Waals surface area contributed by atoms with Crippen molar-refractivity contribution < 1.29 is 18.7 Å². The quantitative estimate of drug-likeness (QED) is 0.795. The van der Waals surface area contributed by atoms with Crippen LogP contribution in [0.5, 0.6) is 0 Å². The summed E-state index contributed by atoms with van der Waals surface area (Å²) in [6.07, 6.45) is 0. The number of rotatable bonds is 4. The molecule has 2 aromatic rings. The molecule has 23 heavy (non-hydrogen) atoms. The normalized spacial score (nSPS) is 10.3. The molecule has 0 saturated carbocycles. The van der Waals surface area contributed by atoms with Gasteiger partial charge in [-0.1, -0.05) is 46.9 Å². The van der Waals surface area contributed by atoms with Gasteiger partial charge in [-0.25, -0.2) is 9.18 Å². The lowest BCUT2D eigenvalue weighted by atomic mass is 10.2. The Kier molecular flexibility index (Phi) is 5.82. The van der Waals surface area contributed by atoms with E-state index in [0.29, 0.717) is 5.02 Å². The fourth-order valence-electron chi connectivity index (χ4n) is 1.67. The van der Waals surface area contributed by atoms with Crippen molar-refractivity contribution in [1.82, 2.24) is 0 Å². The fourth-order valence-corrected chi connectivity index (χ4v) is 2.58. The second-order valence-electron chi connectivity index (χ2n) is 4.35. The third-order valence-corrected chi connectivity index (χ3v) is 3.51. The minimum atomic E-state index is -0.952. The molecule has 0 aliphatic carbocycles. The molecule has 0 unspecified atom stereocenters. The van der Waals surface area contributed by atoms with Crippen LogP contribution >= 0.6 is 34.8 Å². The van der Waals surface area contributed by atoms with E-state index in [1.54, 1.807) is 0 Å². The van der Waals surface area contributed by atoms with E-state index in [2.05, 4.69) is 5.32 Å². The Labute approximate surface area is 146 Å². The summed E-state index contributed by atoms with van der Waals surface area (Å²) in [5.74, 6) is -2.37. The van der Waals surface area contributed by atoms with Crippen molar-refractivity contribution in [3.8, 4) is 0 Å². The lowest BCUT2D eigenvalue weighted by molar-refractivity contribution is -0.119. The first kappa shape index (κ1) is 17.5. The molecule has 0 aromatic heterocycles. The van der Waals surface area contributed by atoms with Crippen LogP contribution in [0.15, 0.2) is 36.4 Å². The van der Waals surface area contributed by atoms with Gasteiger partial charge in [0.25, 0.3) is 5.91 Å². The van der Waals surface area contributed by atoms with E-state index < -0.39 is 24.3 Å². The highest BCUT2D eigenvalue weighted by Gasteiger charge is 2.16. The molecule has 1 amide bonds. The molecule has 0 radical (unpaired) electrons. The van der Waals surface area contributed by atoms with Crippen LogP contribution in [-0.2, 0) is 9.53 Å². The van der Waals surface area contributed by atoms with Crippen LogP contribution in [0.1, 0.15) is 10.4 Å². The van der Waals surface area contributed by atoms with Crippen molar-refractivity contribution in [2.24, 2.45) is 0 Å². The molecule has 0 saturated heterocycles. The van der Waals surface area contributed by atoms with Gasteiger partial charge in [-0.2, -0.15) is 0 Å². The van der Waals surface area contributed by atoms with Crippen molar-refractivity contribution in [3.05, 3.63) is 62.8 Å². The molecule has 2 rings (SSSR count). The average Bonchev–Trinajstić information content (AvgIpc) is 2.49. The number of halogens is 4. The Hall–Kier alpha value is -1.82. The number of ether oxygens (including phenoxy) is 1. The monoisotopic (exact) mass is 375 g/mol. The van der Waals surface area contributed by atoms with Crippen molar-refractivity contribution in [1.29, 1.82) is 0 Å². The Morgan fingerprint density at radius 1 is 1.09 bits per heavy atom. The van der Waals surface area contributed by atoms with Crippen LogP contribution in [0.3, 0.4) is 0 Å². The maximum atomic E-state index is 13.4. The Morgan fingerprint density at radius 3 is 2.30 bits per heavy atom. The molecule has 0 bridgehead atoms. The minimum Gasteiger partial charge on any atom is -0.452 e. The topological polar surface area (TPSA) is 55.4 Å². The summed E-state index contributed by atoms with van der Waals surface area (Å²) in [5.41, 5.74) is -0.118. The molecular formula is C15H9Cl3FNO3. The average molecular weight is 377 g/mol. The molecule has 8 heteroatoms. The highest BCUT2D eigenvalue weighted by Crippen LogP contribution is 2.33. The summed E-state index contributed by atoms with van der Waals surface area (Å²) in [5, 5.41) is 2.97. The molecule has 120 valence electrons. The lowest BCUT2D eigenvalue weighted by Crippen LogP contribution is -2.21. The van der Waals surface area contributed by atoms with E-state index >= 15 is 0 Å². The summed E-state index contributed by atoms with van der Waals surface area (Å²) < 4.78 is 18.1. The van der Waals surface area contributed by atoms with Gasteiger partial charge in [0.2, 0.25) is 0 Å². The van der Waals surface area contributed by atoms with E-state index in [1.165, 1.54) is 30.3 Å². The van der Waals surface area contributed by atoms with Crippen molar-refractivity contribution in [2.45, 2.75) is 0 Å². The van der Waals surface area contributed by atoms with Crippen LogP contribution < -0.4 is 5.32 Å².